The van der Waals surface area contributed by atoms with Crippen LogP contribution in [0.15, 0.2) is 30.7 Å². The van der Waals surface area contributed by atoms with Crippen molar-refractivity contribution in [3.8, 4) is 11.4 Å². The van der Waals surface area contributed by atoms with Crippen molar-refractivity contribution in [3.05, 3.63) is 42.0 Å². The Bertz CT molecular complexity index is 644. The van der Waals surface area contributed by atoms with E-state index in [0.29, 0.717) is 5.11 Å². The molecule has 2 aromatic heterocycles. The fourth-order valence-electron chi connectivity index (χ4n) is 2.56. The van der Waals surface area contributed by atoms with Crippen LogP contribution < -0.4 is 10.6 Å². The summed E-state index contributed by atoms with van der Waals surface area (Å²) in [6, 6.07) is 4.06. The normalized spacial score (nSPS) is 16.9. The smallest absolute Gasteiger partial charge is 0.166 e. The number of thiocarbonyl (C=S) groups is 1. The van der Waals surface area contributed by atoms with Gasteiger partial charge in [0.15, 0.2) is 10.9 Å². The quantitative estimate of drug-likeness (QED) is 0.827. The molecule has 2 heterocycles. The van der Waals surface area contributed by atoms with Crippen molar-refractivity contribution in [2.45, 2.75) is 25.3 Å². The first-order chi connectivity index (χ1) is 10.3. The predicted octanol–water partition coefficient (Wildman–Crippen LogP) is 2.01. The molecule has 108 valence electrons. The number of rotatable bonds is 2. The van der Waals surface area contributed by atoms with E-state index in [2.05, 4.69) is 20.6 Å². The van der Waals surface area contributed by atoms with Gasteiger partial charge in [-0.25, -0.2) is 9.97 Å². The molecule has 0 spiro atoms. The summed E-state index contributed by atoms with van der Waals surface area (Å²) >= 11 is 5.20. The standard InChI is InChI=1S/C15H17N5S/c1-16-15(21)20-13-6-2-5-12-11(13)9-18-14(19-12)10-4-3-7-17-8-10/h3-4,7-9,13H,2,5-6H2,1H3,(H2,16,20,21)/t13-/m0/s1. The number of pyridine rings is 1. The highest BCUT2D eigenvalue weighted by Gasteiger charge is 2.22. The third-order valence-electron chi connectivity index (χ3n) is 3.63. The van der Waals surface area contributed by atoms with Crippen LogP contribution in [0.1, 0.15) is 30.1 Å². The Morgan fingerprint density at radius 1 is 1.38 bits per heavy atom. The number of aryl methyl sites for hydroxylation is 1. The Kier molecular flexibility index (Phi) is 4.06. The van der Waals surface area contributed by atoms with Crippen molar-refractivity contribution >= 4 is 17.3 Å². The van der Waals surface area contributed by atoms with Crippen LogP contribution in [0.2, 0.25) is 0 Å². The average molecular weight is 299 g/mol. The van der Waals surface area contributed by atoms with Gasteiger partial charge in [0.1, 0.15) is 0 Å². The summed E-state index contributed by atoms with van der Waals surface area (Å²) in [5.41, 5.74) is 3.19. The van der Waals surface area contributed by atoms with Crippen LogP contribution in [-0.4, -0.2) is 27.1 Å². The maximum atomic E-state index is 5.20. The summed E-state index contributed by atoms with van der Waals surface area (Å²) in [5.74, 6) is 0.735. The number of nitrogens with zero attached hydrogens (tertiary/aromatic N) is 3. The lowest BCUT2D eigenvalue weighted by Gasteiger charge is -2.26. The molecule has 1 aliphatic rings. The molecule has 1 atom stereocenters. The highest BCUT2D eigenvalue weighted by molar-refractivity contribution is 7.80. The first-order valence-electron chi connectivity index (χ1n) is 7.02. The third-order valence-corrected chi connectivity index (χ3v) is 3.96. The van der Waals surface area contributed by atoms with Gasteiger partial charge < -0.3 is 10.6 Å². The number of fused-ring (bicyclic) bond motifs is 1. The maximum Gasteiger partial charge on any atom is 0.166 e. The molecule has 0 radical (unpaired) electrons. The summed E-state index contributed by atoms with van der Waals surface area (Å²) in [4.78, 5) is 13.3. The Hall–Kier alpha value is -2.08. The second-order valence-electron chi connectivity index (χ2n) is 5.01. The molecule has 0 amide bonds. The first kappa shape index (κ1) is 13.9. The van der Waals surface area contributed by atoms with E-state index in [0.717, 1.165) is 41.9 Å². The van der Waals surface area contributed by atoms with Crippen molar-refractivity contribution in [2.24, 2.45) is 0 Å². The van der Waals surface area contributed by atoms with Crippen LogP contribution in [0.5, 0.6) is 0 Å². The lowest BCUT2D eigenvalue weighted by atomic mass is 9.92. The molecular formula is C15H17N5S. The van der Waals surface area contributed by atoms with Gasteiger partial charge in [-0.15, -0.1) is 0 Å². The molecule has 1 aliphatic carbocycles. The average Bonchev–Trinajstić information content (AvgIpc) is 2.55. The lowest BCUT2D eigenvalue weighted by molar-refractivity contribution is 0.515. The van der Waals surface area contributed by atoms with E-state index in [1.165, 1.54) is 0 Å². The zero-order chi connectivity index (χ0) is 14.7. The summed E-state index contributed by atoms with van der Waals surface area (Å²) in [5, 5.41) is 6.92. The van der Waals surface area contributed by atoms with Crippen LogP contribution in [0.25, 0.3) is 11.4 Å². The van der Waals surface area contributed by atoms with E-state index in [-0.39, 0.29) is 6.04 Å². The van der Waals surface area contributed by atoms with E-state index >= 15 is 0 Å². The van der Waals surface area contributed by atoms with Gasteiger partial charge in [-0.3, -0.25) is 4.98 Å². The Morgan fingerprint density at radius 2 is 2.29 bits per heavy atom. The van der Waals surface area contributed by atoms with Gasteiger partial charge in [0.05, 0.1) is 6.04 Å². The Morgan fingerprint density at radius 3 is 3.05 bits per heavy atom. The van der Waals surface area contributed by atoms with Crippen molar-refractivity contribution in [1.82, 2.24) is 25.6 Å². The Labute approximate surface area is 129 Å². The molecule has 0 aromatic carbocycles. The predicted molar refractivity (Wildman–Crippen MR) is 85.7 cm³/mol. The number of nitrogens with one attached hydrogen (secondary N) is 2. The number of hydrogen-bond acceptors (Lipinski definition) is 4. The van der Waals surface area contributed by atoms with Crippen LogP contribution in [-0.2, 0) is 6.42 Å². The van der Waals surface area contributed by atoms with Crippen LogP contribution in [0, 0.1) is 0 Å². The molecule has 3 rings (SSSR count). The topological polar surface area (TPSA) is 62.7 Å². The largest absolute Gasteiger partial charge is 0.366 e. The highest BCUT2D eigenvalue weighted by Crippen LogP contribution is 2.29. The molecular weight excluding hydrogens is 282 g/mol. The molecule has 6 heteroatoms. The SMILES string of the molecule is CNC(=S)N[C@H]1CCCc2nc(-c3cccnc3)ncc21. The summed E-state index contributed by atoms with van der Waals surface area (Å²) in [6.45, 7) is 0. The van der Waals surface area contributed by atoms with Crippen molar-refractivity contribution in [3.63, 3.8) is 0 Å². The van der Waals surface area contributed by atoms with Gasteiger partial charge in [-0.2, -0.15) is 0 Å². The van der Waals surface area contributed by atoms with Gasteiger partial charge >= 0.3 is 0 Å². The second-order valence-corrected chi connectivity index (χ2v) is 5.41. The molecule has 0 unspecified atom stereocenters. The first-order valence-corrected chi connectivity index (χ1v) is 7.43. The van der Waals surface area contributed by atoms with Crippen molar-refractivity contribution in [2.75, 3.05) is 7.05 Å². The Balaban J connectivity index is 1.90. The van der Waals surface area contributed by atoms with E-state index < -0.39 is 0 Å². The zero-order valence-electron chi connectivity index (χ0n) is 11.8. The minimum Gasteiger partial charge on any atom is -0.366 e. The second kappa shape index (κ2) is 6.13. The van der Waals surface area contributed by atoms with Crippen LogP contribution in [0.4, 0.5) is 0 Å². The highest BCUT2D eigenvalue weighted by atomic mass is 32.1. The number of aromatic nitrogens is 3. The lowest BCUT2D eigenvalue weighted by Crippen LogP contribution is -2.37. The van der Waals surface area contributed by atoms with Gasteiger partial charge in [0.25, 0.3) is 0 Å². The molecule has 0 saturated heterocycles. The molecule has 0 aliphatic heterocycles. The summed E-state index contributed by atoms with van der Waals surface area (Å²) in [6.07, 6.45) is 8.58. The molecule has 2 aromatic rings. The minimum absolute atomic E-state index is 0.191. The summed E-state index contributed by atoms with van der Waals surface area (Å²) < 4.78 is 0. The van der Waals surface area contributed by atoms with Crippen molar-refractivity contribution in [1.29, 1.82) is 0 Å². The molecule has 5 nitrogen and oxygen atoms in total. The maximum absolute atomic E-state index is 5.20. The molecule has 2 N–H and O–H groups in total. The van der Waals surface area contributed by atoms with E-state index in [1.54, 1.807) is 12.4 Å². The molecule has 0 saturated carbocycles. The third kappa shape index (κ3) is 3.00. The van der Waals surface area contributed by atoms with Gasteiger partial charge in [-0.05, 0) is 43.6 Å². The van der Waals surface area contributed by atoms with E-state index in [9.17, 15) is 0 Å². The van der Waals surface area contributed by atoms with E-state index in [1.807, 2.05) is 25.4 Å². The minimum atomic E-state index is 0.191. The van der Waals surface area contributed by atoms with E-state index in [4.69, 9.17) is 17.2 Å². The molecule has 0 bridgehead atoms. The number of hydrogen-bond donors (Lipinski definition) is 2. The fraction of sp³-hybridized carbons (Fsp3) is 0.333. The zero-order valence-corrected chi connectivity index (χ0v) is 12.7. The van der Waals surface area contributed by atoms with Gasteiger partial charge in [0.2, 0.25) is 0 Å². The van der Waals surface area contributed by atoms with Crippen LogP contribution in [0.3, 0.4) is 0 Å². The van der Waals surface area contributed by atoms with Crippen LogP contribution >= 0.6 is 12.2 Å². The monoisotopic (exact) mass is 299 g/mol. The van der Waals surface area contributed by atoms with Gasteiger partial charge in [0, 0.05) is 42.5 Å². The van der Waals surface area contributed by atoms with Gasteiger partial charge in [-0.1, -0.05) is 0 Å². The molecule has 21 heavy (non-hydrogen) atoms. The molecule has 0 fully saturated rings. The summed E-state index contributed by atoms with van der Waals surface area (Å²) in [7, 11) is 1.82. The van der Waals surface area contributed by atoms with Crippen molar-refractivity contribution < 1.29 is 0 Å². The fourth-order valence-corrected chi connectivity index (χ4v) is 2.70.